The molecule has 12 nitrogen and oxygen atoms in total. The molecule has 0 amide bonds. The number of esters is 4. The lowest BCUT2D eigenvalue weighted by atomic mass is 9.48. The molecule has 1 aliphatic heterocycles. The molecule has 12 heteroatoms. The molecule has 2 saturated carbocycles. The lowest BCUT2D eigenvalue weighted by molar-refractivity contribution is -0.300. The molecule has 0 unspecified atom stereocenters. The predicted octanol–water partition coefficient (Wildman–Crippen LogP) is 4.99. The van der Waals surface area contributed by atoms with E-state index < -0.39 is 76.7 Å². The van der Waals surface area contributed by atoms with Gasteiger partial charge in [0, 0.05) is 12.8 Å². The van der Waals surface area contributed by atoms with Gasteiger partial charge in [-0.2, -0.15) is 0 Å². The van der Waals surface area contributed by atoms with E-state index in [4.69, 9.17) is 36.9 Å². The Kier molecular flexibility index (Phi) is 7.22. The minimum Gasteiger partial charge on any atom is -0.458 e. The molecular formula is C32H34O12. The Labute approximate surface area is 252 Å². The number of carbonyl (C=O) groups is 4. The molecule has 3 aromatic heterocycles. The van der Waals surface area contributed by atoms with E-state index in [1.165, 1.54) is 43.9 Å². The van der Waals surface area contributed by atoms with Crippen LogP contribution < -0.4 is 0 Å². The van der Waals surface area contributed by atoms with Crippen LogP contribution >= 0.6 is 0 Å². The van der Waals surface area contributed by atoms with Crippen LogP contribution in [0, 0.1) is 17.3 Å². The van der Waals surface area contributed by atoms with Gasteiger partial charge in [-0.25, -0.2) is 14.4 Å². The van der Waals surface area contributed by atoms with Gasteiger partial charge in [-0.3, -0.25) is 4.79 Å². The zero-order valence-corrected chi connectivity index (χ0v) is 25.0. The largest absolute Gasteiger partial charge is 0.458 e. The molecule has 2 aliphatic carbocycles. The van der Waals surface area contributed by atoms with Crippen molar-refractivity contribution in [2.45, 2.75) is 83.1 Å². The van der Waals surface area contributed by atoms with Crippen molar-refractivity contribution in [1.82, 2.24) is 0 Å². The summed E-state index contributed by atoms with van der Waals surface area (Å²) in [4.78, 5) is 52.5. The zero-order valence-electron chi connectivity index (χ0n) is 25.0. The first-order valence-electron chi connectivity index (χ1n) is 14.5. The molecule has 2 bridgehead atoms. The summed E-state index contributed by atoms with van der Waals surface area (Å²) in [7, 11) is 0. The summed E-state index contributed by atoms with van der Waals surface area (Å²) in [6, 6.07) is 9.14. The molecule has 0 radical (unpaired) electrons. The van der Waals surface area contributed by atoms with Gasteiger partial charge in [-0.15, -0.1) is 0 Å². The van der Waals surface area contributed by atoms with Crippen LogP contribution in [-0.4, -0.2) is 59.5 Å². The summed E-state index contributed by atoms with van der Waals surface area (Å²) in [5.74, 6) is -3.80. The maximum Gasteiger partial charge on any atom is 0.374 e. The van der Waals surface area contributed by atoms with Crippen molar-refractivity contribution < 1.29 is 56.1 Å². The molecule has 4 heterocycles. The summed E-state index contributed by atoms with van der Waals surface area (Å²) < 4.78 is 47.2. The molecule has 1 spiro atoms. The van der Waals surface area contributed by atoms with Crippen LogP contribution in [0.5, 0.6) is 0 Å². The highest BCUT2D eigenvalue weighted by atomic mass is 16.6. The number of hydrogen-bond donors (Lipinski definition) is 0. The Balaban J connectivity index is 1.48. The fourth-order valence-electron chi connectivity index (χ4n) is 7.70. The first kappa shape index (κ1) is 29.7. The standard InChI is InChI=1S/C32H34O12/c1-17-15-23(41-27(34)20-9-6-12-37-20)26(40-18(2)33)31(5)24(42-28(35)21-10-7-13-38-21)16-19-25(32(17,31)44-30(19,3)4)43-29(36)22-11-8-14-39-22/h6-14,17,19,23-26H,15-16H2,1-5H3/t17-,19+,23-,24-,25-,26+,31-,32-/m0/s1. The Bertz CT molecular complexity index is 1520. The van der Waals surface area contributed by atoms with Gasteiger partial charge in [0.05, 0.1) is 29.8 Å². The van der Waals surface area contributed by atoms with Gasteiger partial charge in [0.2, 0.25) is 17.3 Å². The van der Waals surface area contributed by atoms with E-state index >= 15 is 0 Å². The van der Waals surface area contributed by atoms with Gasteiger partial charge >= 0.3 is 23.9 Å². The molecule has 1 saturated heterocycles. The highest BCUT2D eigenvalue weighted by molar-refractivity contribution is 5.87. The fraction of sp³-hybridized carbons (Fsp3) is 0.500. The van der Waals surface area contributed by atoms with E-state index in [1.54, 1.807) is 25.1 Å². The van der Waals surface area contributed by atoms with Crippen LogP contribution in [0.25, 0.3) is 0 Å². The third-order valence-electron chi connectivity index (χ3n) is 9.54. The third kappa shape index (κ3) is 4.54. The van der Waals surface area contributed by atoms with Crippen molar-refractivity contribution >= 4 is 23.9 Å². The van der Waals surface area contributed by atoms with Crippen molar-refractivity contribution in [3.05, 3.63) is 72.5 Å². The maximum absolute atomic E-state index is 13.4. The summed E-state index contributed by atoms with van der Waals surface area (Å²) in [5, 5.41) is 0. The van der Waals surface area contributed by atoms with Crippen molar-refractivity contribution in [1.29, 1.82) is 0 Å². The Morgan fingerprint density at radius 1 is 0.727 bits per heavy atom. The average molecular weight is 611 g/mol. The normalized spacial score (nSPS) is 33.6. The Morgan fingerprint density at radius 3 is 1.75 bits per heavy atom. The highest BCUT2D eigenvalue weighted by Crippen LogP contribution is 2.68. The second kappa shape index (κ2) is 10.7. The van der Waals surface area contributed by atoms with Gasteiger partial charge in [0.15, 0.2) is 6.10 Å². The summed E-state index contributed by atoms with van der Waals surface area (Å²) in [6.07, 6.45) is 0.370. The second-order valence-electron chi connectivity index (χ2n) is 12.4. The average Bonchev–Trinajstić information content (AvgIpc) is 3.77. The van der Waals surface area contributed by atoms with E-state index in [0.29, 0.717) is 0 Å². The van der Waals surface area contributed by atoms with E-state index in [1.807, 2.05) is 20.8 Å². The molecule has 8 atom stereocenters. The highest BCUT2D eigenvalue weighted by Gasteiger charge is 2.80. The van der Waals surface area contributed by atoms with Crippen molar-refractivity contribution in [2.75, 3.05) is 0 Å². The monoisotopic (exact) mass is 610 g/mol. The van der Waals surface area contributed by atoms with Gasteiger partial charge in [-0.1, -0.05) is 6.92 Å². The molecule has 234 valence electrons. The number of hydrogen-bond acceptors (Lipinski definition) is 12. The van der Waals surface area contributed by atoms with Crippen LogP contribution in [0.15, 0.2) is 68.4 Å². The second-order valence-corrected chi connectivity index (χ2v) is 12.4. The molecule has 3 aliphatic rings. The summed E-state index contributed by atoms with van der Waals surface area (Å²) >= 11 is 0. The van der Waals surface area contributed by atoms with Crippen LogP contribution in [-0.2, 0) is 28.5 Å². The van der Waals surface area contributed by atoms with Crippen LogP contribution in [0.1, 0.15) is 79.1 Å². The fourth-order valence-corrected chi connectivity index (χ4v) is 7.70. The topological polar surface area (TPSA) is 154 Å². The van der Waals surface area contributed by atoms with Crippen molar-refractivity contribution in [2.24, 2.45) is 17.3 Å². The molecule has 6 rings (SSSR count). The van der Waals surface area contributed by atoms with Crippen LogP contribution in [0.4, 0.5) is 0 Å². The smallest absolute Gasteiger partial charge is 0.374 e. The van der Waals surface area contributed by atoms with Crippen LogP contribution in [0.3, 0.4) is 0 Å². The number of carbonyl (C=O) groups excluding carboxylic acids is 4. The molecular weight excluding hydrogens is 576 g/mol. The molecule has 0 N–H and O–H groups in total. The lowest BCUT2D eigenvalue weighted by Gasteiger charge is -2.62. The Hall–Kier alpha value is -4.32. The SMILES string of the molecule is CC(=O)O[C@@H]1[C@@H](OC(=O)c2ccco2)C[C@H](C)[C@@]23OC(C)(C)[C@H](C[C@H](OC(=O)c4ccco4)[C@@]12C)[C@@H]3OC(=O)c1ccco1. The number of rotatable bonds is 7. The van der Waals surface area contributed by atoms with Crippen molar-refractivity contribution in [3.63, 3.8) is 0 Å². The van der Waals surface area contributed by atoms with Gasteiger partial charge < -0.3 is 36.9 Å². The Morgan fingerprint density at radius 2 is 1.25 bits per heavy atom. The summed E-state index contributed by atoms with van der Waals surface area (Å²) in [6.45, 7) is 8.65. The number of fused-ring (bicyclic) bond motifs is 1. The van der Waals surface area contributed by atoms with E-state index in [0.717, 1.165) is 0 Å². The number of ether oxygens (including phenoxy) is 5. The van der Waals surface area contributed by atoms with Gasteiger partial charge in [-0.05, 0) is 75.9 Å². The zero-order chi connectivity index (χ0) is 31.4. The molecule has 0 aromatic carbocycles. The lowest BCUT2D eigenvalue weighted by Crippen LogP contribution is -2.76. The minimum absolute atomic E-state index is 0.0110. The third-order valence-corrected chi connectivity index (χ3v) is 9.54. The molecule has 3 aromatic rings. The number of furan rings is 3. The van der Waals surface area contributed by atoms with E-state index in [-0.39, 0.29) is 30.1 Å². The molecule has 3 fully saturated rings. The first-order chi connectivity index (χ1) is 20.9. The molecule has 44 heavy (non-hydrogen) atoms. The van der Waals surface area contributed by atoms with Crippen LogP contribution in [0.2, 0.25) is 0 Å². The van der Waals surface area contributed by atoms with Crippen molar-refractivity contribution in [3.8, 4) is 0 Å². The maximum atomic E-state index is 13.4. The van der Waals surface area contributed by atoms with Gasteiger partial charge in [0.1, 0.15) is 23.9 Å². The quantitative estimate of drug-likeness (QED) is 0.262. The van der Waals surface area contributed by atoms with Gasteiger partial charge in [0.25, 0.3) is 0 Å². The van der Waals surface area contributed by atoms with E-state index in [2.05, 4.69) is 0 Å². The predicted molar refractivity (Wildman–Crippen MR) is 147 cm³/mol. The summed E-state index contributed by atoms with van der Waals surface area (Å²) in [5.41, 5.74) is -3.66. The first-order valence-corrected chi connectivity index (χ1v) is 14.5. The minimum atomic E-state index is -1.41. The van der Waals surface area contributed by atoms with E-state index in [9.17, 15) is 19.2 Å².